The third-order valence-electron chi connectivity index (χ3n) is 1.65. The molecule has 0 aliphatic heterocycles. The molecule has 0 heterocycles. The summed E-state index contributed by atoms with van der Waals surface area (Å²) in [5.74, 6) is -0.211. The number of phenols is 1. The first-order valence-corrected chi connectivity index (χ1v) is 3.91. The normalized spacial score (nSPS) is 12.1. The summed E-state index contributed by atoms with van der Waals surface area (Å²) >= 11 is 5.70. The zero-order chi connectivity index (χ0) is 9.14. The molecule has 1 rings (SSSR count). The average Bonchev–Trinajstić information content (AvgIpc) is 2.08. The number of hydrogen-bond acceptors (Lipinski definition) is 2. The van der Waals surface area contributed by atoms with Gasteiger partial charge in [-0.1, -0.05) is 11.6 Å². The molecule has 0 aliphatic rings. The number of hydrogen-bond donors (Lipinski definition) is 1. The average molecular weight is 182 g/mol. The fourth-order valence-corrected chi connectivity index (χ4v) is 1.12. The lowest BCUT2D eigenvalue weighted by Crippen LogP contribution is -1.89. The molecule has 2 nitrogen and oxygen atoms in total. The van der Waals surface area contributed by atoms with Crippen LogP contribution in [0.2, 0.25) is 5.02 Å². The first kappa shape index (κ1) is 8.89. The van der Waals surface area contributed by atoms with E-state index in [1.165, 1.54) is 6.07 Å². The van der Waals surface area contributed by atoms with E-state index in [1.54, 1.807) is 19.1 Å². The summed E-state index contributed by atoms with van der Waals surface area (Å²) in [6.07, 6.45) is 0. The highest BCUT2D eigenvalue weighted by molar-refractivity contribution is 6.30. The molecule has 62 valence electrons. The van der Waals surface area contributed by atoms with Gasteiger partial charge >= 0.3 is 0 Å². The number of aromatic hydroxyl groups is 1. The Hall–Kier alpha value is -1.20. The fourth-order valence-electron chi connectivity index (χ4n) is 0.942. The van der Waals surface area contributed by atoms with E-state index in [2.05, 4.69) is 0 Å². The van der Waals surface area contributed by atoms with E-state index in [1.807, 2.05) is 6.07 Å². The lowest BCUT2D eigenvalue weighted by molar-refractivity contribution is 0.467. The summed E-state index contributed by atoms with van der Waals surface area (Å²) < 4.78 is 0. The van der Waals surface area contributed by atoms with Gasteiger partial charge in [0.1, 0.15) is 5.75 Å². The van der Waals surface area contributed by atoms with Crippen molar-refractivity contribution < 1.29 is 5.11 Å². The minimum Gasteiger partial charge on any atom is -0.508 e. The number of rotatable bonds is 1. The molecule has 0 aliphatic carbocycles. The van der Waals surface area contributed by atoms with Gasteiger partial charge in [0, 0.05) is 10.6 Å². The van der Waals surface area contributed by atoms with E-state index < -0.39 is 0 Å². The number of nitriles is 1. The van der Waals surface area contributed by atoms with Crippen LogP contribution in [0.5, 0.6) is 5.75 Å². The Morgan fingerprint density at radius 3 is 2.83 bits per heavy atom. The summed E-state index contributed by atoms with van der Waals surface area (Å²) in [4.78, 5) is 0. The van der Waals surface area contributed by atoms with Crippen molar-refractivity contribution in [2.24, 2.45) is 0 Å². The molecule has 12 heavy (non-hydrogen) atoms. The van der Waals surface area contributed by atoms with E-state index in [0.717, 1.165) is 0 Å². The topological polar surface area (TPSA) is 44.0 Å². The van der Waals surface area contributed by atoms with Gasteiger partial charge < -0.3 is 5.11 Å². The smallest absolute Gasteiger partial charge is 0.120 e. The van der Waals surface area contributed by atoms with Crippen LogP contribution in [0.25, 0.3) is 0 Å². The molecule has 1 N–H and O–H groups in total. The van der Waals surface area contributed by atoms with E-state index in [4.69, 9.17) is 16.9 Å². The molecule has 3 heteroatoms. The van der Waals surface area contributed by atoms with Crippen molar-refractivity contribution >= 4 is 11.6 Å². The summed E-state index contributed by atoms with van der Waals surface area (Å²) in [6.45, 7) is 1.71. The standard InChI is InChI=1S/C9H8ClNO/c1-6(5-11)8-4-7(10)2-3-9(8)12/h2-4,6,12H,1H3. The molecule has 1 unspecified atom stereocenters. The summed E-state index contributed by atoms with van der Waals surface area (Å²) in [7, 11) is 0. The fraction of sp³-hybridized carbons (Fsp3) is 0.222. The van der Waals surface area contributed by atoms with Crippen LogP contribution in [0.3, 0.4) is 0 Å². The van der Waals surface area contributed by atoms with Gasteiger partial charge in [-0.2, -0.15) is 5.26 Å². The molecular formula is C9H8ClNO. The highest BCUT2D eigenvalue weighted by atomic mass is 35.5. The van der Waals surface area contributed by atoms with Gasteiger partial charge in [-0.25, -0.2) is 0 Å². The van der Waals surface area contributed by atoms with Crippen LogP contribution < -0.4 is 0 Å². The van der Waals surface area contributed by atoms with Gasteiger partial charge in [-0.05, 0) is 25.1 Å². The van der Waals surface area contributed by atoms with Crippen molar-refractivity contribution in [1.29, 1.82) is 5.26 Å². The molecule has 0 fully saturated rings. The maximum Gasteiger partial charge on any atom is 0.120 e. The molecule has 0 aromatic heterocycles. The Morgan fingerprint density at radius 1 is 1.58 bits per heavy atom. The Labute approximate surface area is 76.0 Å². The highest BCUT2D eigenvalue weighted by Crippen LogP contribution is 2.27. The SMILES string of the molecule is CC(C#N)c1cc(Cl)ccc1O. The van der Waals surface area contributed by atoms with Gasteiger partial charge in [0.2, 0.25) is 0 Å². The van der Waals surface area contributed by atoms with Gasteiger partial charge in [0.15, 0.2) is 0 Å². The molecule has 0 spiro atoms. The Bertz CT molecular complexity index is 330. The third kappa shape index (κ3) is 1.69. The van der Waals surface area contributed by atoms with Gasteiger partial charge in [-0.3, -0.25) is 0 Å². The summed E-state index contributed by atoms with van der Waals surface area (Å²) in [5.41, 5.74) is 0.574. The van der Waals surface area contributed by atoms with E-state index in [9.17, 15) is 5.11 Å². The quantitative estimate of drug-likeness (QED) is 0.724. The van der Waals surface area contributed by atoms with Crippen molar-refractivity contribution in [3.8, 4) is 11.8 Å². The maximum atomic E-state index is 9.33. The van der Waals surface area contributed by atoms with Gasteiger partial charge in [-0.15, -0.1) is 0 Å². The third-order valence-corrected chi connectivity index (χ3v) is 1.88. The summed E-state index contributed by atoms with van der Waals surface area (Å²) in [5, 5.41) is 18.5. The van der Waals surface area contributed by atoms with Crippen LogP contribution in [0, 0.1) is 11.3 Å². The molecule has 1 aromatic rings. The van der Waals surface area contributed by atoms with Crippen LogP contribution in [0.15, 0.2) is 18.2 Å². The van der Waals surface area contributed by atoms with E-state index >= 15 is 0 Å². The first-order chi connectivity index (χ1) is 5.65. The van der Waals surface area contributed by atoms with E-state index in [-0.39, 0.29) is 11.7 Å². The molecule has 0 saturated heterocycles. The second-order valence-corrected chi connectivity index (χ2v) is 2.99. The lowest BCUT2D eigenvalue weighted by Gasteiger charge is -2.05. The molecule has 0 radical (unpaired) electrons. The zero-order valence-electron chi connectivity index (χ0n) is 6.58. The molecule has 0 amide bonds. The van der Waals surface area contributed by atoms with Crippen LogP contribution >= 0.6 is 11.6 Å². The second kappa shape index (κ2) is 3.46. The minimum absolute atomic E-state index is 0.119. The molecule has 0 saturated carbocycles. The maximum absolute atomic E-state index is 9.33. The zero-order valence-corrected chi connectivity index (χ0v) is 7.34. The van der Waals surface area contributed by atoms with Crippen LogP contribution in [-0.4, -0.2) is 5.11 Å². The van der Waals surface area contributed by atoms with Crippen LogP contribution in [0.1, 0.15) is 18.4 Å². The number of halogens is 1. The predicted octanol–water partition coefficient (Wildman–Crippen LogP) is 2.67. The number of benzene rings is 1. The van der Waals surface area contributed by atoms with E-state index in [0.29, 0.717) is 10.6 Å². The van der Waals surface area contributed by atoms with Crippen molar-refractivity contribution in [3.05, 3.63) is 28.8 Å². The minimum atomic E-state index is -0.330. The van der Waals surface area contributed by atoms with Crippen molar-refractivity contribution in [2.45, 2.75) is 12.8 Å². The van der Waals surface area contributed by atoms with Crippen LogP contribution in [0.4, 0.5) is 0 Å². The Kier molecular flexibility index (Phi) is 2.57. The molecule has 1 aromatic carbocycles. The van der Waals surface area contributed by atoms with Crippen molar-refractivity contribution in [1.82, 2.24) is 0 Å². The van der Waals surface area contributed by atoms with Crippen molar-refractivity contribution in [2.75, 3.05) is 0 Å². The predicted molar refractivity (Wildman–Crippen MR) is 47.1 cm³/mol. The lowest BCUT2D eigenvalue weighted by atomic mass is 10.0. The van der Waals surface area contributed by atoms with Gasteiger partial charge in [0.05, 0.1) is 12.0 Å². The molecule has 0 bridgehead atoms. The largest absolute Gasteiger partial charge is 0.508 e. The van der Waals surface area contributed by atoms with Crippen LogP contribution in [-0.2, 0) is 0 Å². The molecular weight excluding hydrogens is 174 g/mol. The second-order valence-electron chi connectivity index (χ2n) is 2.55. The number of nitrogens with zero attached hydrogens (tertiary/aromatic N) is 1. The highest BCUT2D eigenvalue weighted by Gasteiger charge is 2.09. The number of phenolic OH excluding ortho intramolecular Hbond substituents is 1. The Balaban J connectivity index is 3.15. The first-order valence-electron chi connectivity index (χ1n) is 3.53. The monoisotopic (exact) mass is 181 g/mol. The summed E-state index contributed by atoms with van der Waals surface area (Å²) in [6, 6.07) is 6.71. The Morgan fingerprint density at radius 2 is 2.25 bits per heavy atom. The molecule has 1 atom stereocenters. The van der Waals surface area contributed by atoms with Crippen molar-refractivity contribution in [3.63, 3.8) is 0 Å². The van der Waals surface area contributed by atoms with Gasteiger partial charge in [0.25, 0.3) is 0 Å².